The predicted molar refractivity (Wildman–Crippen MR) is 477 cm³/mol. The number of phenols is 2. The molecule has 11 atom stereocenters. The Balaban J connectivity index is 1.11. The van der Waals surface area contributed by atoms with E-state index in [0.29, 0.717) is 57.1 Å². The van der Waals surface area contributed by atoms with Gasteiger partial charge >= 0.3 is 5.97 Å². The summed E-state index contributed by atoms with van der Waals surface area (Å²) >= 11 is 0.833. The van der Waals surface area contributed by atoms with Crippen LogP contribution in [0.1, 0.15) is 100 Å². The first-order valence-electron chi connectivity index (χ1n) is 42.3. The number of benzene rings is 6. The number of likely N-dealkylation sites (N-methyl/N-ethyl adjacent to an activating group) is 4. The van der Waals surface area contributed by atoms with Crippen molar-refractivity contribution in [1.82, 2.24) is 72.4 Å². The van der Waals surface area contributed by atoms with Gasteiger partial charge in [0.1, 0.15) is 78.0 Å². The molecule has 2 aliphatic heterocycles. The maximum absolute atomic E-state index is 15.7. The molecule has 35 nitrogen and oxygen atoms in total. The number of carbonyl (C=O) groups excluding carboxylic acids is 15. The average Bonchev–Trinajstić information content (AvgIpc) is 1.60. The molecule has 2 aliphatic rings. The lowest BCUT2D eigenvalue weighted by Crippen LogP contribution is -2.61. The molecule has 4 bridgehead atoms. The highest BCUT2D eigenvalue weighted by Gasteiger charge is 2.44. The largest absolute Gasteiger partial charge is 0.508 e. The van der Waals surface area contributed by atoms with Crippen LogP contribution in [0.2, 0.25) is 0 Å². The first-order valence-corrected chi connectivity index (χ1v) is 43.5. The van der Waals surface area contributed by atoms with Crippen LogP contribution in [0.3, 0.4) is 0 Å². The number of primary amides is 1. The molecule has 1 aromatic heterocycles. The van der Waals surface area contributed by atoms with E-state index in [1.54, 1.807) is 143 Å². The van der Waals surface area contributed by atoms with Crippen LogP contribution in [0, 0.1) is 11.8 Å². The summed E-state index contributed by atoms with van der Waals surface area (Å²) < 4.78 is 0. The van der Waals surface area contributed by atoms with Crippen LogP contribution in [-0.4, -0.2) is 260 Å². The molecule has 15 amide bonds. The number of hydrogen-bond donors (Lipinski definition) is 14. The van der Waals surface area contributed by atoms with Crippen molar-refractivity contribution >= 4 is 123 Å². The van der Waals surface area contributed by atoms with Crippen molar-refractivity contribution in [2.45, 2.75) is 172 Å². The normalized spacial score (nSPS) is 22.2. The number of carboxylic acids is 1. The van der Waals surface area contributed by atoms with Gasteiger partial charge in [0.2, 0.25) is 82.7 Å². The molecule has 0 radical (unpaired) electrons. The van der Waals surface area contributed by atoms with Crippen LogP contribution in [-0.2, 0) is 115 Å². The zero-order valence-electron chi connectivity index (χ0n) is 73.0. The lowest BCUT2D eigenvalue weighted by Gasteiger charge is -2.37. The second kappa shape index (κ2) is 46.5. The van der Waals surface area contributed by atoms with Crippen molar-refractivity contribution < 1.29 is 92.0 Å². The molecular weight excluding hydrogens is 1670 g/mol. The number of hydrogen-bond acceptors (Lipinski definition) is 19. The fourth-order valence-corrected chi connectivity index (χ4v) is 16.2. The van der Waals surface area contributed by atoms with Gasteiger partial charge in [0.05, 0.1) is 31.8 Å². The molecule has 1 unspecified atom stereocenters. The third-order valence-electron chi connectivity index (χ3n) is 22.2. The van der Waals surface area contributed by atoms with Crippen LogP contribution < -0.4 is 58.5 Å². The molecule has 1 saturated heterocycles. The summed E-state index contributed by atoms with van der Waals surface area (Å²) in [6.07, 6.45) is 0.177. The number of carbonyl (C=O) groups is 16. The van der Waals surface area contributed by atoms with Crippen molar-refractivity contribution in [2.75, 3.05) is 64.2 Å². The quantitative estimate of drug-likeness (QED) is 0.0490. The minimum absolute atomic E-state index is 0.0184. The monoisotopic (exact) mass is 1780 g/mol. The zero-order chi connectivity index (χ0) is 93.2. The summed E-state index contributed by atoms with van der Waals surface area (Å²) in [4.78, 5) is 244. The SMILES string of the molecule is CCCC[C@H]1C(=O)N(C)CC(=O)NC(CC(=O)O)C(=O)N[C@@H](C(C)C)C(=O)N(C)[C@@H](Cc2ccccc2)C(=O)N[C@@H](Cc2ccc(O)cc2)C(=O)N(C)CC(=O)N[C@@H](Cc2cccc3[nH]ccc23)C(=O)N[C@@H](Cc2ccc(O)cc2)C(=O)N[C@@H](CC(C)C)C(=O)N[C@H](C(=O)NCC(N)=O)CSCC(=O)N[C@@H](Cc2ccccc2)C(=O)N(C)[C@H]2Cc3cccc(c3)N1C2=O. The summed E-state index contributed by atoms with van der Waals surface area (Å²) in [6.45, 7) is 6.19. The second-order valence-electron chi connectivity index (χ2n) is 33.0. The number of H-pyrrole nitrogens is 1. The maximum atomic E-state index is 15.7. The molecule has 128 heavy (non-hydrogen) atoms. The minimum Gasteiger partial charge on any atom is -0.508 e. The zero-order valence-corrected chi connectivity index (χ0v) is 73.8. The summed E-state index contributed by atoms with van der Waals surface area (Å²) in [7, 11) is 5.19. The number of aliphatic carboxylic acids is 1. The molecule has 36 heteroatoms. The van der Waals surface area contributed by atoms with Gasteiger partial charge in [-0.25, -0.2) is 0 Å². The van der Waals surface area contributed by atoms with E-state index >= 15 is 38.4 Å². The number of carboxylic acid groups (broad SMARTS) is 1. The van der Waals surface area contributed by atoms with E-state index in [2.05, 4.69) is 52.8 Å². The van der Waals surface area contributed by atoms with Crippen LogP contribution in [0.25, 0.3) is 10.9 Å². The average molecular weight is 1780 g/mol. The highest BCUT2D eigenvalue weighted by atomic mass is 32.2. The molecule has 6 aromatic carbocycles. The number of aromatic amines is 1. The van der Waals surface area contributed by atoms with Gasteiger partial charge in [0.15, 0.2) is 0 Å². The van der Waals surface area contributed by atoms with E-state index in [1.807, 2.05) is 6.92 Å². The Morgan fingerprint density at radius 3 is 1.62 bits per heavy atom. The Morgan fingerprint density at radius 2 is 1.03 bits per heavy atom. The second-order valence-corrected chi connectivity index (χ2v) is 34.0. The van der Waals surface area contributed by atoms with Crippen LogP contribution >= 0.6 is 11.8 Å². The Labute approximate surface area is 745 Å². The van der Waals surface area contributed by atoms with Gasteiger partial charge in [-0.3, -0.25) is 81.6 Å². The molecule has 7 aromatic rings. The van der Waals surface area contributed by atoms with E-state index < -0.39 is 199 Å². The van der Waals surface area contributed by atoms with E-state index in [-0.39, 0.29) is 80.2 Å². The number of amides is 15. The molecular formula is C92H114N16O19S. The molecule has 0 spiro atoms. The minimum atomic E-state index is -1.91. The molecule has 15 N–H and O–H groups in total. The van der Waals surface area contributed by atoms with Gasteiger partial charge in [-0.2, -0.15) is 0 Å². The molecule has 682 valence electrons. The Kier molecular flexibility index (Phi) is 35.7. The number of nitrogens with zero attached hydrogens (tertiary/aromatic N) is 5. The number of anilines is 1. The van der Waals surface area contributed by atoms with Gasteiger partial charge in [-0.15, -0.1) is 11.8 Å². The number of fused-ring (bicyclic) bond motifs is 6. The highest BCUT2D eigenvalue weighted by Crippen LogP contribution is 2.31. The number of unbranched alkanes of at least 4 members (excludes halogenated alkanes) is 1. The number of aromatic nitrogens is 1. The Hall–Kier alpha value is -13.7. The number of nitrogens with two attached hydrogens (primary N) is 1. The standard InChI is InChI=1S/C92H114N16O19S/c1-10-11-28-73-90(125)105(7)50-78(113)97-69(47-80(115)116)86(121)103-81(54(4)5)92(127)106(8)74(44-56-22-16-13-17-23-56)87(122)101-70(43-58-31-35-63(110)36-32-58)88(123)104(6)49-77(112)96-68(46-60-25-19-27-65-64(60)37-38-94-65)85(120)100-67(41-57-29-33-62(109)34-30-57)84(119)99-66(39-53(2)3)83(118)102-72(82(117)95-48-76(93)111)51-128-52-79(114)98-71(42-55-20-14-12-15-21-55)89(124)107(9)75-45-59-24-18-26-61(40-59)108(73)91(75)126/h12-27,29-38,40,53-54,66-75,81,94,109-110H,10-11,28,39,41-52H2,1-9H3,(H2,93,111)(H,95,117)(H,96,112)(H,97,113)(H,98,114)(H,99,119)(H,100,120)(H,101,122)(H,102,118)(H,103,121)(H,115,116)/t66-,67-,68-,69?,70-,71-,72-,73-,74-,75-,81-/m0/s1. The number of rotatable bonds is 21. The number of thioether (sulfide) groups is 1. The predicted octanol–water partition coefficient (Wildman–Crippen LogP) is 2.21. The van der Waals surface area contributed by atoms with Gasteiger partial charge in [-0.1, -0.05) is 157 Å². The molecule has 9 rings (SSSR count). The summed E-state index contributed by atoms with van der Waals surface area (Å²) in [5.74, 6) is -17.4. The first-order chi connectivity index (χ1) is 60.9. The lowest BCUT2D eigenvalue weighted by atomic mass is 9.98. The topological polar surface area (TPSA) is 500 Å². The van der Waals surface area contributed by atoms with Crippen LogP contribution in [0.4, 0.5) is 5.69 Å². The summed E-state index contributed by atoms with van der Waals surface area (Å²) in [5, 5.41) is 55.6. The Bertz CT molecular complexity index is 5140. The summed E-state index contributed by atoms with van der Waals surface area (Å²) in [5.41, 5.74) is 9.39. The first kappa shape index (κ1) is 98.1. The van der Waals surface area contributed by atoms with Crippen LogP contribution in [0.15, 0.2) is 164 Å². The summed E-state index contributed by atoms with van der Waals surface area (Å²) in [6, 6.07) is 25.2. The Morgan fingerprint density at radius 1 is 0.508 bits per heavy atom. The molecule has 3 heterocycles. The number of aromatic hydroxyl groups is 2. The van der Waals surface area contributed by atoms with Gasteiger partial charge < -0.3 is 93.5 Å². The fraction of sp³-hybridized carbons (Fsp3) is 0.413. The van der Waals surface area contributed by atoms with E-state index in [0.717, 1.165) is 26.5 Å². The highest BCUT2D eigenvalue weighted by molar-refractivity contribution is 8.00. The lowest BCUT2D eigenvalue weighted by molar-refractivity contribution is -0.145. The maximum Gasteiger partial charge on any atom is 0.305 e. The molecule has 1 fully saturated rings. The number of nitrogens with one attached hydrogen (secondary N) is 10. The van der Waals surface area contributed by atoms with E-state index in [4.69, 9.17) is 5.73 Å². The molecule has 0 saturated carbocycles. The van der Waals surface area contributed by atoms with Crippen molar-refractivity contribution in [3.05, 3.63) is 197 Å². The van der Waals surface area contributed by atoms with E-state index in [9.17, 15) is 53.7 Å². The smallest absolute Gasteiger partial charge is 0.305 e. The third-order valence-corrected chi connectivity index (χ3v) is 23.2. The van der Waals surface area contributed by atoms with E-state index in [1.165, 1.54) is 86.5 Å². The van der Waals surface area contributed by atoms with Gasteiger partial charge in [-0.05, 0) is 107 Å². The van der Waals surface area contributed by atoms with Gasteiger partial charge in [0.25, 0.3) is 5.91 Å². The number of phenolic OH excluding ortho intramolecular Hbond substituents is 2. The molecule has 0 aliphatic carbocycles. The van der Waals surface area contributed by atoms with Crippen LogP contribution in [0.5, 0.6) is 11.5 Å². The van der Waals surface area contributed by atoms with Crippen molar-refractivity contribution in [3.8, 4) is 11.5 Å². The van der Waals surface area contributed by atoms with Gasteiger partial charge in [0, 0.05) is 95.3 Å². The van der Waals surface area contributed by atoms with Crippen molar-refractivity contribution in [2.24, 2.45) is 17.6 Å². The van der Waals surface area contributed by atoms with Crippen molar-refractivity contribution in [3.63, 3.8) is 0 Å². The fourth-order valence-electron chi connectivity index (χ4n) is 15.3. The third kappa shape index (κ3) is 27.9. The van der Waals surface area contributed by atoms with Crippen molar-refractivity contribution in [1.29, 1.82) is 0 Å².